The number of piperidine rings is 1. The molecule has 0 bridgehead atoms. The third-order valence-corrected chi connectivity index (χ3v) is 5.27. The molecule has 1 aromatic carbocycles. The summed E-state index contributed by atoms with van der Waals surface area (Å²) in [6.07, 6.45) is 3.44. The van der Waals surface area contributed by atoms with E-state index < -0.39 is 0 Å². The van der Waals surface area contributed by atoms with Gasteiger partial charge in [0, 0.05) is 18.7 Å². The highest BCUT2D eigenvalue weighted by atomic mass is 16.3. The smallest absolute Gasteiger partial charge is 0.169 e. The van der Waals surface area contributed by atoms with Crippen molar-refractivity contribution in [1.82, 2.24) is 15.5 Å². The molecule has 1 aliphatic heterocycles. The minimum absolute atomic E-state index is 0.200. The second-order valence-electron chi connectivity index (χ2n) is 7.17. The van der Waals surface area contributed by atoms with Crippen LogP contribution in [-0.4, -0.2) is 42.0 Å². The van der Waals surface area contributed by atoms with Gasteiger partial charge in [0.2, 0.25) is 0 Å². The van der Waals surface area contributed by atoms with Crippen LogP contribution in [0.3, 0.4) is 0 Å². The van der Waals surface area contributed by atoms with Gasteiger partial charge in [-0.15, -0.1) is 10.2 Å². The zero-order chi connectivity index (χ0) is 17.9. The van der Waals surface area contributed by atoms with E-state index in [0.29, 0.717) is 22.5 Å². The van der Waals surface area contributed by atoms with Gasteiger partial charge < -0.3 is 21.1 Å². The number of phenolic OH excluding ortho intramolecular Hbond substituents is 1. The average Bonchev–Trinajstić information content (AvgIpc) is 2.62. The number of aromatic nitrogens is 2. The molecule has 2 aromatic rings. The van der Waals surface area contributed by atoms with E-state index in [0.717, 1.165) is 38.2 Å². The number of hydrogen-bond acceptors (Lipinski definition) is 6. The molecule has 25 heavy (non-hydrogen) atoms. The molecule has 2 heterocycles. The molecule has 134 valence electrons. The summed E-state index contributed by atoms with van der Waals surface area (Å²) in [5, 5.41) is 21.6. The number of aromatic hydroxyl groups is 1. The molecule has 0 radical (unpaired) electrons. The largest absolute Gasteiger partial charge is 0.507 e. The van der Waals surface area contributed by atoms with Crippen LogP contribution in [-0.2, 0) is 0 Å². The Hall–Kier alpha value is -2.34. The molecule has 1 fully saturated rings. The van der Waals surface area contributed by atoms with Gasteiger partial charge in [-0.1, -0.05) is 19.1 Å². The van der Waals surface area contributed by atoms with Crippen molar-refractivity contribution in [2.45, 2.75) is 26.2 Å². The molecule has 6 nitrogen and oxygen atoms in total. The van der Waals surface area contributed by atoms with Crippen molar-refractivity contribution in [3.8, 4) is 17.0 Å². The molecule has 0 atom stereocenters. The first-order valence-electron chi connectivity index (χ1n) is 8.83. The van der Waals surface area contributed by atoms with Crippen molar-refractivity contribution in [1.29, 1.82) is 0 Å². The third-order valence-electron chi connectivity index (χ3n) is 5.27. The van der Waals surface area contributed by atoms with Crippen molar-refractivity contribution in [2.75, 3.05) is 37.3 Å². The monoisotopic (exact) mass is 341 g/mol. The Morgan fingerprint density at radius 3 is 2.64 bits per heavy atom. The first-order chi connectivity index (χ1) is 12.0. The van der Waals surface area contributed by atoms with Crippen LogP contribution < -0.4 is 16.0 Å². The van der Waals surface area contributed by atoms with Gasteiger partial charge in [-0.25, -0.2) is 0 Å². The number of para-hydroxylation sites is 1. The summed E-state index contributed by atoms with van der Waals surface area (Å²) < 4.78 is 0. The highest BCUT2D eigenvalue weighted by Gasteiger charge is 2.30. The van der Waals surface area contributed by atoms with Crippen LogP contribution in [0.2, 0.25) is 0 Å². The molecular formula is C19H27N5O. The Morgan fingerprint density at radius 2 is 1.96 bits per heavy atom. The zero-order valence-corrected chi connectivity index (χ0v) is 15.0. The third kappa shape index (κ3) is 3.85. The number of anilines is 2. The van der Waals surface area contributed by atoms with Gasteiger partial charge in [-0.3, -0.25) is 0 Å². The fourth-order valence-corrected chi connectivity index (χ4v) is 3.43. The van der Waals surface area contributed by atoms with Gasteiger partial charge >= 0.3 is 0 Å². The predicted molar refractivity (Wildman–Crippen MR) is 102 cm³/mol. The fraction of sp³-hybridized carbons (Fsp3) is 0.474. The van der Waals surface area contributed by atoms with E-state index in [4.69, 9.17) is 5.73 Å². The number of phenols is 1. The van der Waals surface area contributed by atoms with Crippen LogP contribution in [0.1, 0.15) is 26.2 Å². The standard InChI is InChI=1S/C19H27N5O/c1-19(7-10-21-2)8-11-24(12-9-19)16-13-15(22-23-18(16)20)14-5-3-4-6-17(14)25/h3-6,13,21,25H,7-12H2,1-2H3,(H2,20,23). The SMILES string of the molecule is CNCCC1(C)CCN(c2cc(-c3ccccc3O)nnc2N)CC1. The van der Waals surface area contributed by atoms with Gasteiger partial charge in [0.1, 0.15) is 5.75 Å². The van der Waals surface area contributed by atoms with Crippen molar-refractivity contribution in [3.05, 3.63) is 30.3 Å². The van der Waals surface area contributed by atoms with Crippen LogP contribution in [0.15, 0.2) is 30.3 Å². The molecule has 4 N–H and O–H groups in total. The van der Waals surface area contributed by atoms with E-state index in [1.165, 1.54) is 6.42 Å². The minimum Gasteiger partial charge on any atom is -0.507 e. The second kappa shape index (κ2) is 7.27. The lowest BCUT2D eigenvalue weighted by atomic mass is 9.77. The summed E-state index contributed by atoms with van der Waals surface area (Å²) in [7, 11) is 2.00. The van der Waals surface area contributed by atoms with Crippen molar-refractivity contribution in [2.24, 2.45) is 5.41 Å². The molecule has 0 aliphatic carbocycles. The average molecular weight is 341 g/mol. The Bertz CT molecular complexity index is 726. The summed E-state index contributed by atoms with van der Waals surface area (Å²) in [4.78, 5) is 2.29. The maximum absolute atomic E-state index is 10.1. The van der Waals surface area contributed by atoms with Crippen LogP contribution in [0.25, 0.3) is 11.3 Å². The van der Waals surface area contributed by atoms with Gasteiger partial charge in [0.25, 0.3) is 0 Å². The molecule has 3 rings (SSSR count). The normalized spacial score (nSPS) is 16.8. The number of nitrogen functional groups attached to an aromatic ring is 1. The van der Waals surface area contributed by atoms with Gasteiger partial charge in [0.15, 0.2) is 5.82 Å². The number of rotatable bonds is 5. The lowest BCUT2D eigenvalue weighted by Gasteiger charge is -2.40. The van der Waals surface area contributed by atoms with Crippen molar-refractivity contribution >= 4 is 11.5 Å². The van der Waals surface area contributed by atoms with E-state index in [1.54, 1.807) is 12.1 Å². The zero-order valence-electron chi connectivity index (χ0n) is 15.0. The van der Waals surface area contributed by atoms with Crippen molar-refractivity contribution in [3.63, 3.8) is 0 Å². The van der Waals surface area contributed by atoms with Crippen LogP contribution in [0.4, 0.5) is 11.5 Å². The predicted octanol–water partition coefficient (Wildman–Crippen LogP) is 2.65. The van der Waals surface area contributed by atoms with E-state index >= 15 is 0 Å². The van der Waals surface area contributed by atoms with E-state index in [-0.39, 0.29) is 5.75 Å². The molecule has 0 unspecified atom stereocenters. The van der Waals surface area contributed by atoms with Crippen LogP contribution in [0, 0.1) is 5.41 Å². The van der Waals surface area contributed by atoms with Gasteiger partial charge in [-0.05, 0) is 56.5 Å². The molecule has 6 heteroatoms. The molecule has 0 amide bonds. The number of nitrogens with one attached hydrogen (secondary N) is 1. The highest BCUT2D eigenvalue weighted by molar-refractivity contribution is 5.74. The highest BCUT2D eigenvalue weighted by Crippen LogP contribution is 2.38. The van der Waals surface area contributed by atoms with Gasteiger partial charge in [-0.2, -0.15) is 0 Å². The van der Waals surface area contributed by atoms with Crippen LogP contribution >= 0.6 is 0 Å². The maximum atomic E-state index is 10.1. The number of nitrogens with two attached hydrogens (primary N) is 1. The summed E-state index contributed by atoms with van der Waals surface area (Å²) in [5.74, 6) is 0.642. The van der Waals surface area contributed by atoms with E-state index in [9.17, 15) is 5.11 Å². The summed E-state index contributed by atoms with van der Waals surface area (Å²) in [5.41, 5.74) is 8.69. The molecular weight excluding hydrogens is 314 g/mol. The van der Waals surface area contributed by atoms with Crippen molar-refractivity contribution < 1.29 is 5.11 Å². The van der Waals surface area contributed by atoms with E-state index in [1.807, 2.05) is 25.2 Å². The summed E-state index contributed by atoms with van der Waals surface area (Å²) >= 11 is 0. The lowest BCUT2D eigenvalue weighted by molar-refractivity contribution is 0.227. The second-order valence-corrected chi connectivity index (χ2v) is 7.17. The molecule has 0 saturated carbocycles. The lowest BCUT2D eigenvalue weighted by Crippen LogP contribution is -2.40. The summed E-state index contributed by atoms with van der Waals surface area (Å²) in [6.45, 7) is 5.32. The van der Waals surface area contributed by atoms with Crippen LogP contribution in [0.5, 0.6) is 5.75 Å². The maximum Gasteiger partial charge on any atom is 0.169 e. The Kier molecular flexibility index (Phi) is 5.08. The molecule has 1 aliphatic rings. The quantitative estimate of drug-likeness (QED) is 0.775. The number of benzene rings is 1. The molecule has 1 aromatic heterocycles. The Morgan fingerprint density at radius 1 is 1.24 bits per heavy atom. The molecule has 1 saturated heterocycles. The minimum atomic E-state index is 0.200. The molecule has 0 spiro atoms. The van der Waals surface area contributed by atoms with Gasteiger partial charge in [0.05, 0.1) is 11.4 Å². The fourth-order valence-electron chi connectivity index (χ4n) is 3.43. The summed E-state index contributed by atoms with van der Waals surface area (Å²) in [6, 6.07) is 9.10. The number of nitrogens with zero attached hydrogens (tertiary/aromatic N) is 3. The number of hydrogen-bond donors (Lipinski definition) is 3. The first kappa shape index (κ1) is 17.5. The Labute approximate surface area is 149 Å². The van der Waals surface area contributed by atoms with E-state index in [2.05, 4.69) is 27.3 Å². The topological polar surface area (TPSA) is 87.3 Å². The Balaban J connectivity index is 1.80. The first-order valence-corrected chi connectivity index (χ1v) is 8.83.